The molecular weight excluding hydrogens is 406 g/mol. The maximum Gasteiger partial charge on any atom is 0.295 e. The van der Waals surface area contributed by atoms with Gasteiger partial charge in [-0.25, -0.2) is 0 Å². The smallest absolute Gasteiger partial charge is 0.282 e. The highest BCUT2D eigenvalue weighted by molar-refractivity contribution is 7.87. The summed E-state index contributed by atoms with van der Waals surface area (Å²) in [7, 11) is -15.5. The number of nitro groups is 1. The molecule has 0 heterocycles. The van der Waals surface area contributed by atoms with E-state index in [9.17, 15) is 44.5 Å². The Morgan fingerprint density at radius 2 is 1.32 bits per heavy atom. The van der Waals surface area contributed by atoms with Crippen LogP contribution in [0.25, 0.3) is 10.8 Å². The second kappa shape index (κ2) is 5.68. The zero-order valence-corrected chi connectivity index (χ0v) is 14.0. The van der Waals surface area contributed by atoms with Crippen LogP contribution in [0, 0.1) is 10.1 Å². The second-order valence-electron chi connectivity index (χ2n) is 4.61. The van der Waals surface area contributed by atoms with Crippen LogP contribution in [0.5, 0.6) is 0 Å². The number of nitrogens with zero attached hydrogens (tertiary/aromatic N) is 1. The average Bonchev–Trinajstić information content (AvgIpc) is 2.41. The lowest BCUT2D eigenvalue weighted by atomic mass is 10.1. The van der Waals surface area contributed by atoms with Gasteiger partial charge >= 0.3 is 0 Å². The Morgan fingerprint density at radius 3 is 1.72 bits per heavy atom. The predicted octanol–water partition coefficient (Wildman–Crippen LogP) is 0.488. The zero-order chi connectivity index (χ0) is 19.4. The fourth-order valence-electron chi connectivity index (χ4n) is 2.11. The van der Waals surface area contributed by atoms with Gasteiger partial charge in [-0.05, 0) is 18.2 Å². The number of fused-ring (bicyclic) bond motifs is 1. The molecule has 0 atom stereocenters. The van der Waals surface area contributed by atoms with Crippen molar-refractivity contribution >= 4 is 46.8 Å². The molecule has 0 saturated carbocycles. The number of hydrogen-bond acceptors (Lipinski definition) is 8. The molecular formula is C10H7NO11S3. The average molecular weight is 413 g/mol. The van der Waals surface area contributed by atoms with Crippen LogP contribution in [0.2, 0.25) is 0 Å². The lowest BCUT2D eigenvalue weighted by Crippen LogP contribution is -2.08. The number of benzene rings is 2. The Bertz CT molecular complexity index is 1230. The van der Waals surface area contributed by atoms with Crippen molar-refractivity contribution in [3.63, 3.8) is 0 Å². The van der Waals surface area contributed by atoms with E-state index in [0.717, 1.165) is 0 Å². The first-order valence-corrected chi connectivity index (χ1v) is 10.1. The third-order valence-electron chi connectivity index (χ3n) is 3.04. The molecule has 25 heavy (non-hydrogen) atoms. The molecule has 0 aliphatic carbocycles. The quantitative estimate of drug-likeness (QED) is 0.357. The maximum atomic E-state index is 11.5. The molecule has 0 bridgehead atoms. The van der Waals surface area contributed by atoms with E-state index < -0.39 is 66.4 Å². The van der Waals surface area contributed by atoms with E-state index in [-0.39, 0.29) is 6.07 Å². The third kappa shape index (κ3) is 3.60. The van der Waals surface area contributed by atoms with Crippen molar-refractivity contribution < 1.29 is 43.8 Å². The topological polar surface area (TPSA) is 206 Å². The van der Waals surface area contributed by atoms with Gasteiger partial charge in [-0.15, -0.1) is 0 Å². The fourth-order valence-corrected chi connectivity index (χ4v) is 4.14. The first-order chi connectivity index (χ1) is 11.1. The third-order valence-corrected chi connectivity index (χ3v) is 5.66. The Kier molecular flexibility index (Phi) is 4.35. The highest BCUT2D eigenvalue weighted by Gasteiger charge is 2.29. The molecule has 0 saturated heterocycles. The van der Waals surface area contributed by atoms with Crippen LogP contribution in [-0.2, 0) is 30.4 Å². The van der Waals surface area contributed by atoms with Crippen molar-refractivity contribution in [2.75, 3.05) is 0 Å². The summed E-state index contributed by atoms with van der Waals surface area (Å²) in [6.45, 7) is 0. The molecule has 0 fully saturated rings. The molecule has 2 aromatic carbocycles. The van der Waals surface area contributed by atoms with Crippen LogP contribution in [0.1, 0.15) is 0 Å². The normalized spacial score (nSPS) is 13.1. The summed E-state index contributed by atoms with van der Waals surface area (Å²) in [4.78, 5) is 6.40. The highest BCUT2D eigenvalue weighted by Crippen LogP contribution is 2.37. The number of rotatable bonds is 4. The van der Waals surface area contributed by atoms with Crippen molar-refractivity contribution in [2.45, 2.75) is 14.7 Å². The molecule has 0 aliphatic heterocycles. The van der Waals surface area contributed by atoms with Gasteiger partial charge in [0.05, 0.1) is 15.2 Å². The van der Waals surface area contributed by atoms with E-state index in [1.54, 1.807) is 0 Å². The first-order valence-electron chi connectivity index (χ1n) is 5.81. The Balaban J connectivity index is 3.32. The van der Waals surface area contributed by atoms with E-state index in [2.05, 4.69) is 0 Å². The van der Waals surface area contributed by atoms with Gasteiger partial charge in [0.1, 0.15) is 9.79 Å². The summed E-state index contributed by atoms with van der Waals surface area (Å²) in [5, 5.41) is 9.22. The maximum absolute atomic E-state index is 11.5. The Labute approximate surface area is 140 Å². The summed E-state index contributed by atoms with van der Waals surface area (Å²) >= 11 is 0. The van der Waals surface area contributed by atoms with E-state index in [1.165, 1.54) is 0 Å². The van der Waals surface area contributed by atoms with Gasteiger partial charge in [-0.3, -0.25) is 23.8 Å². The van der Waals surface area contributed by atoms with E-state index in [0.29, 0.717) is 18.2 Å². The molecule has 3 N–H and O–H groups in total. The fraction of sp³-hybridized carbons (Fsp3) is 0. The molecule has 0 amide bonds. The highest BCUT2D eigenvalue weighted by atomic mass is 32.2. The van der Waals surface area contributed by atoms with Crippen molar-refractivity contribution in [3.8, 4) is 0 Å². The van der Waals surface area contributed by atoms with Gasteiger partial charge in [-0.1, -0.05) is 0 Å². The van der Waals surface area contributed by atoms with Crippen LogP contribution >= 0.6 is 0 Å². The Morgan fingerprint density at radius 1 is 0.800 bits per heavy atom. The molecule has 12 nitrogen and oxygen atoms in total. The van der Waals surface area contributed by atoms with Crippen LogP contribution < -0.4 is 0 Å². The number of non-ortho nitro benzene ring substituents is 1. The van der Waals surface area contributed by atoms with Gasteiger partial charge in [0.25, 0.3) is 36.0 Å². The van der Waals surface area contributed by atoms with Gasteiger partial charge in [-0.2, -0.15) is 25.3 Å². The second-order valence-corrected chi connectivity index (χ2v) is 8.81. The molecule has 2 aromatic rings. The van der Waals surface area contributed by atoms with Crippen LogP contribution in [0.15, 0.2) is 39.0 Å². The first kappa shape index (κ1) is 19.2. The molecule has 0 aliphatic rings. The number of hydrogen-bond donors (Lipinski definition) is 3. The summed E-state index contributed by atoms with van der Waals surface area (Å²) in [5.74, 6) is 0. The minimum absolute atomic E-state index is 0.216. The summed E-state index contributed by atoms with van der Waals surface area (Å²) < 4.78 is 95.9. The molecule has 2 rings (SSSR count). The molecule has 0 radical (unpaired) electrons. The predicted molar refractivity (Wildman–Crippen MR) is 80.0 cm³/mol. The van der Waals surface area contributed by atoms with Crippen LogP contribution in [0.4, 0.5) is 5.69 Å². The molecule has 0 unspecified atom stereocenters. The van der Waals surface area contributed by atoms with Gasteiger partial charge in [0, 0.05) is 11.5 Å². The lowest BCUT2D eigenvalue weighted by molar-refractivity contribution is -0.383. The van der Waals surface area contributed by atoms with Crippen LogP contribution in [-0.4, -0.2) is 43.8 Å². The zero-order valence-electron chi connectivity index (χ0n) is 11.6. The summed E-state index contributed by atoms with van der Waals surface area (Å²) in [6, 6.07) is 1.72. The molecule has 0 aromatic heterocycles. The molecule has 0 spiro atoms. The minimum atomic E-state index is -5.29. The monoisotopic (exact) mass is 413 g/mol. The van der Waals surface area contributed by atoms with Crippen molar-refractivity contribution in [3.05, 3.63) is 34.4 Å². The summed E-state index contributed by atoms with van der Waals surface area (Å²) in [5.41, 5.74) is -0.989. The van der Waals surface area contributed by atoms with E-state index in [4.69, 9.17) is 4.55 Å². The minimum Gasteiger partial charge on any atom is -0.282 e. The lowest BCUT2D eigenvalue weighted by Gasteiger charge is -2.10. The molecule has 136 valence electrons. The van der Waals surface area contributed by atoms with Crippen LogP contribution in [0.3, 0.4) is 0 Å². The van der Waals surface area contributed by atoms with Gasteiger partial charge in [0.2, 0.25) is 0 Å². The van der Waals surface area contributed by atoms with Crippen molar-refractivity contribution in [1.29, 1.82) is 0 Å². The Hall–Kier alpha value is -2.17. The summed E-state index contributed by atoms with van der Waals surface area (Å²) in [6.07, 6.45) is 0. The largest absolute Gasteiger partial charge is 0.295 e. The van der Waals surface area contributed by atoms with Crippen molar-refractivity contribution in [1.82, 2.24) is 0 Å². The number of nitro benzene ring substituents is 1. The standard InChI is InChI=1S/C10H7NO11S3/c12-11(13)7-1-2-8(24(17,18)19)6-3-5(23(14,15)16)4-9(10(6)7)25(20,21)22/h1-4H,(H,14,15,16)(H,17,18,19)(H,20,21,22). The van der Waals surface area contributed by atoms with E-state index in [1.807, 2.05) is 0 Å². The SMILES string of the molecule is O=[N+]([O-])c1ccc(S(=O)(=O)O)c2cc(S(=O)(=O)O)cc(S(=O)(=O)O)c12. The van der Waals surface area contributed by atoms with Crippen molar-refractivity contribution in [2.24, 2.45) is 0 Å². The molecule has 15 heteroatoms. The van der Waals surface area contributed by atoms with Gasteiger partial charge < -0.3 is 0 Å². The van der Waals surface area contributed by atoms with E-state index >= 15 is 0 Å². The van der Waals surface area contributed by atoms with Gasteiger partial charge in [0.15, 0.2) is 0 Å².